The van der Waals surface area contributed by atoms with Gasteiger partial charge in [-0.25, -0.2) is 4.98 Å². The highest BCUT2D eigenvalue weighted by molar-refractivity contribution is 5.98. The number of rotatable bonds is 4. The van der Waals surface area contributed by atoms with E-state index in [9.17, 15) is 9.59 Å². The van der Waals surface area contributed by atoms with Crippen molar-refractivity contribution in [2.45, 2.75) is 44.1 Å². The first kappa shape index (κ1) is 19.7. The number of hydrogen-bond acceptors (Lipinski definition) is 4. The van der Waals surface area contributed by atoms with Crippen LogP contribution in [-0.4, -0.2) is 22.3 Å². The number of carbonyl (C=O) groups is 2. The second-order valence-electron chi connectivity index (χ2n) is 6.01. The van der Waals surface area contributed by atoms with Crippen molar-refractivity contribution in [3.63, 3.8) is 0 Å². The number of nitrogens with two attached hydrogens (primary N) is 1. The van der Waals surface area contributed by atoms with Crippen molar-refractivity contribution in [3.05, 3.63) is 18.3 Å². The van der Waals surface area contributed by atoms with Gasteiger partial charge in [0.25, 0.3) is 0 Å². The molecule has 1 aromatic heterocycles. The Morgan fingerprint density at radius 3 is 2.30 bits per heavy atom. The smallest absolute Gasteiger partial charge is 0.244 e. The molecule has 0 atom stereocenters. The molecule has 128 valence electrons. The lowest BCUT2D eigenvalue weighted by Crippen LogP contribution is -2.48. The van der Waals surface area contributed by atoms with Crippen LogP contribution in [0.5, 0.6) is 0 Å². The zero-order valence-corrected chi connectivity index (χ0v) is 14.3. The molecule has 3 rings (SSSR count). The molecule has 0 bridgehead atoms. The van der Waals surface area contributed by atoms with E-state index in [1.807, 2.05) is 0 Å². The zero-order chi connectivity index (χ0) is 14.9. The summed E-state index contributed by atoms with van der Waals surface area (Å²) in [6.07, 6.45) is 6.89. The lowest BCUT2D eigenvalue weighted by Gasteiger charge is -2.22. The summed E-state index contributed by atoms with van der Waals surface area (Å²) in [5, 5.41) is 5.56. The lowest BCUT2D eigenvalue weighted by molar-refractivity contribution is -0.121. The third-order valence-electron chi connectivity index (χ3n) is 4.17. The topological polar surface area (TPSA) is 97.1 Å². The summed E-state index contributed by atoms with van der Waals surface area (Å²) in [5.74, 6) is 0.515. The molecule has 6 nitrogen and oxygen atoms in total. The average Bonchev–Trinajstić information content (AvgIpc) is 3.23. The van der Waals surface area contributed by atoms with Crippen LogP contribution >= 0.6 is 24.8 Å². The van der Waals surface area contributed by atoms with E-state index in [2.05, 4.69) is 15.6 Å². The first-order valence-electron chi connectivity index (χ1n) is 7.44. The summed E-state index contributed by atoms with van der Waals surface area (Å²) in [5.41, 5.74) is 5.94. The minimum absolute atomic E-state index is 0. The highest BCUT2D eigenvalue weighted by Gasteiger charge is 2.37. The molecule has 0 saturated heterocycles. The third kappa shape index (κ3) is 4.80. The summed E-state index contributed by atoms with van der Waals surface area (Å²) in [6, 6.07) is 3.42. The predicted molar refractivity (Wildman–Crippen MR) is 94.1 cm³/mol. The van der Waals surface area contributed by atoms with Crippen molar-refractivity contribution in [3.8, 4) is 0 Å². The maximum absolute atomic E-state index is 12.2. The van der Waals surface area contributed by atoms with E-state index < -0.39 is 5.54 Å². The molecule has 23 heavy (non-hydrogen) atoms. The van der Waals surface area contributed by atoms with Gasteiger partial charge in [-0.05, 0) is 37.8 Å². The number of hydrogen-bond donors (Lipinski definition) is 3. The Bertz CT molecular complexity index is 555. The van der Waals surface area contributed by atoms with E-state index >= 15 is 0 Å². The van der Waals surface area contributed by atoms with Gasteiger partial charge >= 0.3 is 0 Å². The maximum atomic E-state index is 12.2. The number of carbonyl (C=O) groups excluding carboxylic acids is 2. The number of anilines is 2. The van der Waals surface area contributed by atoms with Gasteiger partial charge in [-0.2, -0.15) is 0 Å². The van der Waals surface area contributed by atoms with Gasteiger partial charge < -0.3 is 16.4 Å². The standard InChI is InChI=1S/C15H20N4O2.2ClH/c16-15(7-1-2-8-15)14(21)18-11-5-6-12(17-9-11)19-13(20)10-3-4-10;;/h5-6,9-10H,1-4,7-8,16H2,(H,18,21)(H,17,19,20);2*1H. The molecule has 1 heterocycles. The predicted octanol–water partition coefficient (Wildman–Crippen LogP) is 2.48. The van der Waals surface area contributed by atoms with Gasteiger partial charge in [0.1, 0.15) is 5.82 Å². The molecule has 2 aliphatic carbocycles. The van der Waals surface area contributed by atoms with Gasteiger partial charge in [-0.15, -0.1) is 24.8 Å². The molecule has 0 aliphatic heterocycles. The molecule has 0 unspecified atom stereocenters. The van der Waals surface area contributed by atoms with Crippen LogP contribution in [0.2, 0.25) is 0 Å². The van der Waals surface area contributed by atoms with Crippen molar-refractivity contribution in [2.24, 2.45) is 11.7 Å². The number of halogens is 2. The molecule has 2 aliphatic rings. The Kier molecular flexibility index (Phi) is 6.80. The number of pyridine rings is 1. The highest BCUT2D eigenvalue weighted by atomic mass is 35.5. The summed E-state index contributed by atoms with van der Waals surface area (Å²) < 4.78 is 0. The normalized spacial score (nSPS) is 18.3. The van der Waals surface area contributed by atoms with Crippen molar-refractivity contribution in [2.75, 3.05) is 10.6 Å². The average molecular weight is 361 g/mol. The molecule has 2 fully saturated rings. The summed E-state index contributed by atoms with van der Waals surface area (Å²) in [6.45, 7) is 0. The van der Waals surface area contributed by atoms with Crippen molar-refractivity contribution in [1.29, 1.82) is 0 Å². The van der Waals surface area contributed by atoms with Crippen molar-refractivity contribution >= 4 is 48.1 Å². The van der Waals surface area contributed by atoms with Crippen LogP contribution in [0.3, 0.4) is 0 Å². The molecule has 8 heteroatoms. The first-order valence-corrected chi connectivity index (χ1v) is 7.44. The van der Waals surface area contributed by atoms with Crippen LogP contribution in [0.1, 0.15) is 38.5 Å². The summed E-state index contributed by atoms with van der Waals surface area (Å²) >= 11 is 0. The molecule has 2 amide bonds. The van der Waals surface area contributed by atoms with Crippen molar-refractivity contribution < 1.29 is 9.59 Å². The van der Waals surface area contributed by atoms with E-state index in [4.69, 9.17) is 5.73 Å². The molecule has 0 spiro atoms. The molecular weight excluding hydrogens is 339 g/mol. The Hall–Kier alpha value is -1.37. The molecule has 0 radical (unpaired) electrons. The molecule has 4 N–H and O–H groups in total. The van der Waals surface area contributed by atoms with Gasteiger partial charge in [-0.1, -0.05) is 12.8 Å². The monoisotopic (exact) mass is 360 g/mol. The SMILES string of the molecule is Cl.Cl.NC1(C(=O)Nc2ccc(NC(=O)C3CC3)nc2)CCCC1. The van der Waals surface area contributed by atoms with E-state index in [-0.39, 0.29) is 42.5 Å². The van der Waals surface area contributed by atoms with E-state index in [0.717, 1.165) is 38.5 Å². The fourth-order valence-electron chi connectivity index (χ4n) is 2.60. The second-order valence-corrected chi connectivity index (χ2v) is 6.01. The van der Waals surface area contributed by atoms with Crippen molar-refractivity contribution in [1.82, 2.24) is 4.98 Å². The van der Waals surface area contributed by atoms with Gasteiger partial charge in [-0.3, -0.25) is 9.59 Å². The van der Waals surface area contributed by atoms with Gasteiger partial charge in [0.05, 0.1) is 17.4 Å². The van der Waals surface area contributed by atoms with Crippen LogP contribution in [0.25, 0.3) is 0 Å². The molecule has 0 aromatic carbocycles. The van der Waals surface area contributed by atoms with E-state index in [0.29, 0.717) is 11.5 Å². The first-order chi connectivity index (χ1) is 10.1. The van der Waals surface area contributed by atoms with Crippen LogP contribution in [0, 0.1) is 5.92 Å². The zero-order valence-electron chi connectivity index (χ0n) is 12.7. The van der Waals surface area contributed by atoms with Gasteiger partial charge in [0, 0.05) is 5.92 Å². The minimum atomic E-state index is -0.751. The van der Waals surface area contributed by atoms with Crippen LogP contribution in [-0.2, 0) is 9.59 Å². The fourth-order valence-corrected chi connectivity index (χ4v) is 2.60. The fraction of sp³-hybridized carbons (Fsp3) is 0.533. The Morgan fingerprint density at radius 2 is 1.78 bits per heavy atom. The Balaban J connectivity index is 0.00000132. The van der Waals surface area contributed by atoms with E-state index in [1.54, 1.807) is 18.3 Å². The second kappa shape index (κ2) is 7.95. The van der Waals surface area contributed by atoms with Gasteiger partial charge in [0.15, 0.2) is 0 Å². The molecular formula is C15H22Cl2N4O2. The van der Waals surface area contributed by atoms with Crippen LogP contribution in [0.4, 0.5) is 11.5 Å². The number of nitrogens with one attached hydrogen (secondary N) is 2. The quantitative estimate of drug-likeness (QED) is 0.768. The summed E-state index contributed by atoms with van der Waals surface area (Å²) in [7, 11) is 0. The van der Waals surface area contributed by atoms with Gasteiger partial charge in [0.2, 0.25) is 11.8 Å². The highest BCUT2D eigenvalue weighted by Crippen LogP contribution is 2.30. The number of aromatic nitrogens is 1. The molecule has 2 saturated carbocycles. The lowest BCUT2D eigenvalue weighted by atomic mass is 9.98. The Labute approximate surface area is 147 Å². The maximum Gasteiger partial charge on any atom is 0.244 e. The Morgan fingerprint density at radius 1 is 1.13 bits per heavy atom. The van der Waals surface area contributed by atoms with Crippen LogP contribution < -0.4 is 16.4 Å². The number of amides is 2. The summed E-state index contributed by atoms with van der Waals surface area (Å²) in [4.78, 5) is 27.9. The molecule has 1 aromatic rings. The minimum Gasteiger partial charge on any atom is -0.323 e. The van der Waals surface area contributed by atoms with E-state index in [1.165, 1.54) is 0 Å². The number of nitrogens with zero attached hydrogens (tertiary/aromatic N) is 1. The largest absolute Gasteiger partial charge is 0.323 e. The van der Waals surface area contributed by atoms with Crippen LogP contribution in [0.15, 0.2) is 18.3 Å². The third-order valence-corrected chi connectivity index (χ3v) is 4.17.